The Bertz CT molecular complexity index is 324. The van der Waals surface area contributed by atoms with Gasteiger partial charge in [0.05, 0.1) is 5.56 Å². The minimum atomic E-state index is -0.0268. The minimum absolute atomic E-state index is 0.0268. The van der Waals surface area contributed by atoms with E-state index in [0.717, 1.165) is 6.42 Å². The van der Waals surface area contributed by atoms with Gasteiger partial charge >= 0.3 is 0 Å². The highest BCUT2D eigenvalue weighted by Gasteiger charge is 2.08. The summed E-state index contributed by atoms with van der Waals surface area (Å²) in [4.78, 5) is 15.7. The van der Waals surface area contributed by atoms with Crippen molar-refractivity contribution < 1.29 is 4.79 Å². The molecule has 1 aromatic rings. The molecule has 0 fully saturated rings. The van der Waals surface area contributed by atoms with Gasteiger partial charge in [-0.15, -0.1) is 0 Å². The van der Waals surface area contributed by atoms with Crippen molar-refractivity contribution in [3.8, 4) is 0 Å². The average molecular weight is 234 g/mol. The number of nitrogens with one attached hydrogen (secondary N) is 1. The van der Waals surface area contributed by atoms with E-state index in [0.29, 0.717) is 5.56 Å². The van der Waals surface area contributed by atoms with Crippen molar-refractivity contribution in [2.24, 2.45) is 0 Å². The molecule has 1 N–H and O–H groups in total. The number of carbonyl (C=O) groups is 1. The van der Waals surface area contributed by atoms with Crippen LogP contribution in [-0.2, 0) is 0 Å². The molecule has 94 valence electrons. The van der Waals surface area contributed by atoms with Crippen molar-refractivity contribution in [1.29, 1.82) is 0 Å². The molecule has 0 spiro atoms. The molecule has 1 rings (SSSR count). The van der Waals surface area contributed by atoms with Crippen LogP contribution >= 0.6 is 0 Å². The first kappa shape index (κ1) is 13.7. The maximum atomic E-state index is 11.8. The van der Waals surface area contributed by atoms with Crippen molar-refractivity contribution in [2.45, 2.75) is 52.0 Å². The smallest absolute Gasteiger partial charge is 0.253 e. The zero-order valence-corrected chi connectivity index (χ0v) is 10.8. The average Bonchev–Trinajstić information content (AvgIpc) is 2.36. The van der Waals surface area contributed by atoms with Crippen LogP contribution in [0.25, 0.3) is 0 Å². The first-order chi connectivity index (χ1) is 8.24. The first-order valence-corrected chi connectivity index (χ1v) is 6.45. The highest BCUT2D eigenvalue weighted by molar-refractivity contribution is 5.93. The van der Waals surface area contributed by atoms with E-state index in [1.807, 2.05) is 0 Å². The van der Waals surface area contributed by atoms with Gasteiger partial charge in [-0.05, 0) is 25.5 Å². The summed E-state index contributed by atoms with van der Waals surface area (Å²) in [5.74, 6) is -0.0268. The molecule has 1 atom stereocenters. The van der Waals surface area contributed by atoms with Crippen LogP contribution in [-0.4, -0.2) is 16.9 Å². The second-order valence-corrected chi connectivity index (χ2v) is 4.47. The molecule has 0 aromatic carbocycles. The maximum Gasteiger partial charge on any atom is 0.253 e. The zero-order chi connectivity index (χ0) is 12.5. The van der Waals surface area contributed by atoms with Crippen LogP contribution in [0.3, 0.4) is 0 Å². The first-order valence-electron chi connectivity index (χ1n) is 6.45. The SMILES string of the molecule is CCCCCCC(C)NC(=O)c1cccnc1. The fourth-order valence-electron chi connectivity index (χ4n) is 1.75. The lowest BCUT2D eigenvalue weighted by atomic mass is 10.1. The topological polar surface area (TPSA) is 42.0 Å². The standard InChI is InChI=1S/C14H22N2O/c1-3-4-5-6-8-12(2)16-14(17)13-9-7-10-15-11-13/h7,9-12H,3-6,8H2,1-2H3,(H,16,17). The molecule has 17 heavy (non-hydrogen) atoms. The van der Waals surface area contributed by atoms with Gasteiger partial charge in [-0.1, -0.05) is 32.6 Å². The van der Waals surface area contributed by atoms with Crippen LogP contribution in [0, 0.1) is 0 Å². The summed E-state index contributed by atoms with van der Waals surface area (Å²) in [6.07, 6.45) is 9.28. The summed E-state index contributed by atoms with van der Waals surface area (Å²) in [5, 5.41) is 2.99. The van der Waals surface area contributed by atoms with Crippen LogP contribution in [0.15, 0.2) is 24.5 Å². The van der Waals surface area contributed by atoms with Gasteiger partial charge in [0.2, 0.25) is 0 Å². The van der Waals surface area contributed by atoms with E-state index in [2.05, 4.69) is 24.1 Å². The second-order valence-electron chi connectivity index (χ2n) is 4.47. The third-order valence-corrected chi connectivity index (χ3v) is 2.79. The molecule has 1 unspecified atom stereocenters. The number of hydrogen-bond donors (Lipinski definition) is 1. The molecule has 1 amide bonds. The van der Waals surface area contributed by atoms with E-state index < -0.39 is 0 Å². The number of pyridine rings is 1. The summed E-state index contributed by atoms with van der Waals surface area (Å²) in [5.41, 5.74) is 0.632. The van der Waals surface area contributed by atoms with Gasteiger partial charge in [0.15, 0.2) is 0 Å². The van der Waals surface area contributed by atoms with Crippen LogP contribution in [0.1, 0.15) is 56.3 Å². The molecule has 1 heterocycles. The Morgan fingerprint density at radius 1 is 1.41 bits per heavy atom. The van der Waals surface area contributed by atoms with Crippen molar-refractivity contribution >= 4 is 5.91 Å². The van der Waals surface area contributed by atoms with Crippen LogP contribution in [0.4, 0.5) is 0 Å². The number of aromatic nitrogens is 1. The molecule has 1 aromatic heterocycles. The molecule has 3 nitrogen and oxygen atoms in total. The van der Waals surface area contributed by atoms with E-state index >= 15 is 0 Å². The van der Waals surface area contributed by atoms with Gasteiger partial charge in [-0.3, -0.25) is 9.78 Å². The molecule has 3 heteroatoms. The largest absolute Gasteiger partial charge is 0.350 e. The van der Waals surface area contributed by atoms with E-state index in [1.54, 1.807) is 24.5 Å². The Kier molecular flexibility index (Phi) is 6.30. The fourth-order valence-corrected chi connectivity index (χ4v) is 1.75. The number of amides is 1. The van der Waals surface area contributed by atoms with E-state index in [-0.39, 0.29) is 11.9 Å². The Morgan fingerprint density at radius 2 is 2.24 bits per heavy atom. The van der Waals surface area contributed by atoms with Gasteiger partial charge in [0.1, 0.15) is 0 Å². The van der Waals surface area contributed by atoms with Gasteiger partial charge in [0.25, 0.3) is 5.91 Å². The summed E-state index contributed by atoms with van der Waals surface area (Å²) in [6.45, 7) is 4.26. The third kappa shape index (κ3) is 5.48. The minimum Gasteiger partial charge on any atom is -0.350 e. The highest BCUT2D eigenvalue weighted by atomic mass is 16.1. The monoisotopic (exact) mass is 234 g/mol. The Balaban J connectivity index is 2.26. The van der Waals surface area contributed by atoms with E-state index in [4.69, 9.17) is 0 Å². The normalized spacial score (nSPS) is 12.1. The Labute approximate surface area is 104 Å². The van der Waals surface area contributed by atoms with Crippen molar-refractivity contribution in [3.63, 3.8) is 0 Å². The van der Waals surface area contributed by atoms with Gasteiger partial charge in [0, 0.05) is 18.4 Å². The van der Waals surface area contributed by atoms with Gasteiger partial charge in [-0.2, -0.15) is 0 Å². The zero-order valence-electron chi connectivity index (χ0n) is 10.8. The van der Waals surface area contributed by atoms with Gasteiger partial charge < -0.3 is 5.32 Å². The predicted molar refractivity (Wildman–Crippen MR) is 69.9 cm³/mol. The molecular formula is C14H22N2O. The van der Waals surface area contributed by atoms with Crippen molar-refractivity contribution in [1.82, 2.24) is 10.3 Å². The molecule has 0 aliphatic heterocycles. The number of carbonyl (C=O) groups excluding carboxylic acids is 1. The Morgan fingerprint density at radius 3 is 2.88 bits per heavy atom. The molecule has 0 bridgehead atoms. The summed E-state index contributed by atoms with van der Waals surface area (Å²) < 4.78 is 0. The number of hydrogen-bond acceptors (Lipinski definition) is 2. The third-order valence-electron chi connectivity index (χ3n) is 2.79. The quantitative estimate of drug-likeness (QED) is 0.736. The van der Waals surface area contributed by atoms with Crippen molar-refractivity contribution in [2.75, 3.05) is 0 Å². The van der Waals surface area contributed by atoms with Crippen LogP contribution < -0.4 is 5.32 Å². The molecule has 0 aliphatic carbocycles. The van der Waals surface area contributed by atoms with Crippen LogP contribution in [0.2, 0.25) is 0 Å². The molecule has 0 aliphatic rings. The lowest BCUT2D eigenvalue weighted by Crippen LogP contribution is -2.32. The second kappa shape index (κ2) is 7.82. The summed E-state index contributed by atoms with van der Waals surface area (Å²) in [7, 11) is 0. The molecular weight excluding hydrogens is 212 g/mol. The van der Waals surface area contributed by atoms with E-state index in [9.17, 15) is 4.79 Å². The lowest BCUT2D eigenvalue weighted by Gasteiger charge is -2.13. The van der Waals surface area contributed by atoms with Crippen LogP contribution in [0.5, 0.6) is 0 Å². The number of nitrogens with zero attached hydrogens (tertiary/aromatic N) is 1. The summed E-state index contributed by atoms with van der Waals surface area (Å²) in [6, 6.07) is 3.80. The lowest BCUT2D eigenvalue weighted by molar-refractivity contribution is 0.0937. The highest BCUT2D eigenvalue weighted by Crippen LogP contribution is 2.06. The Hall–Kier alpha value is -1.38. The van der Waals surface area contributed by atoms with Gasteiger partial charge in [-0.25, -0.2) is 0 Å². The molecule has 0 saturated heterocycles. The molecule has 0 saturated carbocycles. The molecule has 0 radical (unpaired) electrons. The van der Waals surface area contributed by atoms with Crippen molar-refractivity contribution in [3.05, 3.63) is 30.1 Å². The number of rotatable bonds is 7. The maximum absolute atomic E-state index is 11.8. The fraction of sp³-hybridized carbons (Fsp3) is 0.571. The number of unbranched alkanes of at least 4 members (excludes halogenated alkanes) is 3. The predicted octanol–water partition coefficient (Wildman–Crippen LogP) is 3.17. The summed E-state index contributed by atoms with van der Waals surface area (Å²) >= 11 is 0. The van der Waals surface area contributed by atoms with E-state index in [1.165, 1.54) is 25.7 Å².